The minimum absolute atomic E-state index is 0.184. The number of ether oxygens (including phenoxy) is 1. The average molecular weight is 474 g/mol. The summed E-state index contributed by atoms with van der Waals surface area (Å²) in [5.74, 6) is -0.232. The highest BCUT2D eigenvalue weighted by molar-refractivity contribution is 8.02. The molecular formula is C29H47NO2S. The molecule has 0 amide bonds. The van der Waals surface area contributed by atoms with Crippen LogP contribution in [-0.4, -0.2) is 34.8 Å². The largest absolute Gasteiger partial charge is 0.463 e. The van der Waals surface area contributed by atoms with Gasteiger partial charge in [0, 0.05) is 21.9 Å². The van der Waals surface area contributed by atoms with E-state index in [1.54, 1.807) is 11.8 Å². The van der Waals surface area contributed by atoms with Gasteiger partial charge in [-0.15, -0.1) is 11.8 Å². The highest BCUT2D eigenvalue weighted by atomic mass is 32.2. The Morgan fingerprint density at radius 3 is 1.45 bits per heavy atom. The Morgan fingerprint density at radius 2 is 1.15 bits per heavy atom. The van der Waals surface area contributed by atoms with Crippen molar-refractivity contribution in [1.82, 2.24) is 4.90 Å². The number of benzene rings is 1. The number of rotatable bonds is 4. The van der Waals surface area contributed by atoms with Gasteiger partial charge in [0.2, 0.25) is 0 Å². The first-order valence-electron chi connectivity index (χ1n) is 12.2. The van der Waals surface area contributed by atoms with Crippen molar-refractivity contribution in [1.29, 1.82) is 0 Å². The average Bonchev–Trinajstić information content (AvgIpc) is 2.72. The summed E-state index contributed by atoms with van der Waals surface area (Å²) in [6.07, 6.45) is 2.08. The number of nitrogens with zero attached hydrogens (tertiary/aromatic N) is 1. The van der Waals surface area contributed by atoms with Crippen LogP contribution < -0.4 is 0 Å². The summed E-state index contributed by atoms with van der Waals surface area (Å²) in [5, 5.41) is 1.00. The first-order chi connectivity index (χ1) is 14.8. The van der Waals surface area contributed by atoms with E-state index >= 15 is 0 Å². The second kappa shape index (κ2) is 8.66. The van der Waals surface area contributed by atoms with Gasteiger partial charge in [-0.1, -0.05) is 27.7 Å². The lowest BCUT2D eigenvalue weighted by molar-refractivity contribution is -0.138. The van der Waals surface area contributed by atoms with Crippen LogP contribution in [0.5, 0.6) is 0 Å². The summed E-state index contributed by atoms with van der Waals surface area (Å²) in [6, 6.07) is 0. The van der Waals surface area contributed by atoms with Crippen molar-refractivity contribution in [3.8, 4) is 0 Å². The maximum atomic E-state index is 12.9. The number of hydrogen-bond donors (Lipinski definition) is 0. The number of carbonyl (C=O) groups excluding carboxylic acids is 1. The van der Waals surface area contributed by atoms with E-state index in [0.717, 1.165) is 5.03 Å². The fourth-order valence-electron chi connectivity index (χ4n) is 5.99. The quantitative estimate of drug-likeness (QED) is 0.334. The summed E-state index contributed by atoms with van der Waals surface area (Å²) >= 11 is 1.65. The topological polar surface area (TPSA) is 29.5 Å². The zero-order chi connectivity index (χ0) is 25.9. The third-order valence-electron chi connectivity index (χ3n) is 9.41. The zero-order valence-electron chi connectivity index (χ0n) is 23.9. The molecular weight excluding hydrogens is 426 g/mol. The first-order valence-corrected chi connectivity index (χ1v) is 13.4. The molecule has 4 heteroatoms. The number of esters is 1. The summed E-state index contributed by atoms with van der Waals surface area (Å²) < 4.78 is 5.44. The molecule has 0 fully saturated rings. The molecule has 0 atom stereocenters. The summed E-state index contributed by atoms with van der Waals surface area (Å²) in [5.41, 5.74) is 8.24. The normalized spacial score (nSPS) is 21.1. The van der Waals surface area contributed by atoms with Gasteiger partial charge in [-0.3, -0.25) is 0 Å². The Kier molecular flexibility index (Phi) is 7.30. The minimum Gasteiger partial charge on any atom is -0.463 e. The molecule has 2 rings (SSSR count). The van der Waals surface area contributed by atoms with Gasteiger partial charge < -0.3 is 9.64 Å². The van der Waals surface area contributed by atoms with Crippen LogP contribution in [0.15, 0.2) is 10.6 Å². The van der Waals surface area contributed by atoms with Crippen molar-refractivity contribution in [2.75, 3.05) is 12.9 Å². The van der Waals surface area contributed by atoms with E-state index in [9.17, 15) is 4.79 Å². The molecule has 0 unspecified atom stereocenters. The van der Waals surface area contributed by atoms with Crippen molar-refractivity contribution < 1.29 is 9.53 Å². The molecule has 0 bridgehead atoms. The molecule has 0 saturated heterocycles. The standard InChI is InChI=1S/C29H47NO2S/c1-16-32-25(31)21(6)24(33-15)30-28(11,12)26(7,8)22-19(4)17(2)18(3)20(5)23(22)27(9,10)29(30,13)14/h16H2,1-15H3/b24-21-. The van der Waals surface area contributed by atoms with Gasteiger partial charge in [-0.05, 0) is 109 Å². The van der Waals surface area contributed by atoms with Crippen molar-refractivity contribution >= 4 is 17.7 Å². The van der Waals surface area contributed by atoms with E-state index in [-0.39, 0.29) is 27.9 Å². The van der Waals surface area contributed by atoms with Crippen molar-refractivity contribution in [3.63, 3.8) is 0 Å². The summed E-state index contributed by atoms with van der Waals surface area (Å²) in [4.78, 5) is 15.5. The van der Waals surface area contributed by atoms with Crippen LogP contribution in [-0.2, 0) is 20.4 Å². The van der Waals surface area contributed by atoms with E-state index in [4.69, 9.17) is 4.74 Å². The van der Waals surface area contributed by atoms with Crippen molar-refractivity contribution in [2.24, 2.45) is 0 Å². The SMILES string of the molecule is CCOC(=O)/C(C)=C(\SC)N1C(C)(C)C(C)(C)c2c(C)c(C)c(C)c(C)c2C(C)(C)C1(C)C. The Balaban J connectivity index is 3.13. The number of thioether (sulfide) groups is 1. The van der Waals surface area contributed by atoms with Gasteiger partial charge >= 0.3 is 5.97 Å². The van der Waals surface area contributed by atoms with Crippen LogP contribution in [0.3, 0.4) is 0 Å². The van der Waals surface area contributed by atoms with Crippen LogP contribution in [0.2, 0.25) is 0 Å². The van der Waals surface area contributed by atoms with E-state index in [0.29, 0.717) is 12.2 Å². The fraction of sp³-hybridized carbons (Fsp3) is 0.690. The molecule has 1 aliphatic heterocycles. The monoisotopic (exact) mass is 473 g/mol. The molecule has 3 nitrogen and oxygen atoms in total. The second-order valence-electron chi connectivity index (χ2n) is 11.8. The molecule has 1 aliphatic rings. The smallest absolute Gasteiger partial charge is 0.336 e. The van der Waals surface area contributed by atoms with Gasteiger partial charge in [0.15, 0.2) is 0 Å². The lowest BCUT2D eigenvalue weighted by Gasteiger charge is -2.59. The molecule has 0 saturated carbocycles. The Labute approximate surface area is 207 Å². The molecule has 0 aliphatic carbocycles. The van der Waals surface area contributed by atoms with Crippen LogP contribution in [0, 0.1) is 27.7 Å². The third-order valence-corrected chi connectivity index (χ3v) is 10.3. The number of carbonyl (C=O) groups is 1. The van der Waals surface area contributed by atoms with Gasteiger partial charge in [-0.2, -0.15) is 0 Å². The summed E-state index contributed by atoms with van der Waals surface area (Å²) in [7, 11) is 0. The van der Waals surface area contributed by atoms with Gasteiger partial charge in [0.05, 0.1) is 17.2 Å². The van der Waals surface area contributed by atoms with Crippen LogP contribution in [0.1, 0.15) is 103 Å². The highest BCUT2D eigenvalue weighted by Gasteiger charge is 2.59. The maximum absolute atomic E-state index is 12.9. The first kappa shape index (κ1) is 27.8. The predicted molar refractivity (Wildman–Crippen MR) is 144 cm³/mol. The zero-order valence-corrected chi connectivity index (χ0v) is 24.7. The fourth-order valence-corrected chi connectivity index (χ4v) is 7.02. The minimum atomic E-state index is -0.288. The molecule has 33 heavy (non-hydrogen) atoms. The predicted octanol–water partition coefficient (Wildman–Crippen LogP) is 7.51. The van der Waals surface area contributed by atoms with Crippen LogP contribution in [0.4, 0.5) is 0 Å². The van der Waals surface area contributed by atoms with Gasteiger partial charge in [0.1, 0.15) is 0 Å². The Hall–Kier alpha value is -1.42. The van der Waals surface area contributed by atoms with Gasteiger partial charge in [0.25, 0.3) is 0 Å². The molecule has 1 heterocycles. The second-order valence-corrected chi connectivity index (χ2v) is 12.6. The molecule has 186 valence electrons. The third kappa shape index (κ3) is 3.75. The molecule has 1 aromatic carbocycles. The van der Waals surface area contributed by atoms with Crippen LogP contribution in [0.25, 0.3) is 0 Å². The van der Waals surface area contributed by atoms with E-state index in [1.807, 2.05) is 13.8 Å². The molecule has 0 N–H and O–H groups in total. The van der Waals surface area contributed by atoms with Crippen LogP contribution >= 0.6 is 11.8 Å². The molecule has 0 radical (unpaired) electrons. The molecule has 1 aromatic rings. The lowest BCUT2D eigenvalue weighted by atomic mass is 9.62. The van der Waals surface area contributed by atoms with E-state index < -0.39 is 0 Å². The lowest BCUT2D eigenvalue weighted by Crippen LogP contribution is -2.64. The van der Waals surface area contributed by atoms with Crippen molar-refractivity contribution in [2.45, 2.75) is 119 Å². The maximum Gasteiger partial charge on any atom is 0.336 e. The number of hydrogen-bond acceptors (Lipinski definition) is 4. The van der Waals surface area contributed by atoms with E-state index in [2.05, 4.69) is 94.2 Å². The Morgan fingerprint density at radius 1 is 0.788 bits per heavy atom. The Bertz CT molecular complexity index is 937. The molecule has 0 spiro atoms. The van der Waals surface area contributed by atoms with Crippen molar-refractivity contribution in [3.05, 3.63) is 44.0 Å². The number of fused-ring (bicyclic) bond motifs is 1. The van der Waals surface area contributed by atoms with Gasteiger partial charge in [-0.25, -0.2) is 4.79 Å². The van der Waals surface area contributed by atoms with E-state index in [1.165, 1.54) is 33.4 Å². The highest BCUT2D eigenvalue weighted by Crippen LogP contribution is 2.58. The summed E-state index contributed by atoms with van der Waals surface area (Å²) in [6.45, 7) is 32.2. The molecule has 0 aromatic heterocycles.